The van der Waals surface area contributed by atoms with E-state index in [1.807, 2.05) is 0 Å². The largest absolute Gasteiger partial charge is 0.203 e. The maximum Gasteiger partial charge on any atom is 0.200 e. The molecule has 0 nitrogen and oxygen atoms in total. The van der Waals surface area contributed by atoms with Gasteiger partial charge in [0.05, 0.1) is 0 Å². The van der Waals surface area contributed by atoms with E-state index in [9.17, 15) is 22.0 Å². The Morgan fingerprint density at radius 2 is 1.18 bits per heavy atom. The van der Waals surface area contributed by atoms with Crippen molar-refractivity contribution in [3.05, 3.63) is 34.6 Å². The number of hydrogen-bond donors (Lipinski definition) is 0. The standard InChI is InChI=1S/C12H13F5/c1-3-5-6(4-2)7-8(13)10(15)12(17)11(16)9(7)14/h6H,3-5H2,1-2H3. The van der Waals surface area contributed by atoms with Crippen molar-refractivity contribution in [1.29, 1.82) is 0 Å². The van der Waals surface area contributed by atoms with E-state index in [2.05, 4.69) is 0 Å². The second kappa shape index (κ2) is 5.47. The zero-order valence-corrected chi connectivity index (χ0v) is 9.59. The molecule has 0 N–H and O–H groups in total. The second-order valence-corrected chi connectivity index (χ2v) is 3.88. The monoisotopic (exact) mass is 252 g/mol. The summed E-state index contributed by atoms with van der Waals surface area (Å²) in [7, 11) is 0. The SMILES string of the molecule is CCCC(CC)c1c(F)c(F)c(F)c(F)c1F. The predicted octanol–water partition coefficient (Wildman–Crippen LogP) is 4.68. The molecule has 0 saturated carbocycles. The number of benzene rings is 1. The Kier molecular flexibility index (Phi) is 4.48. The fourth-order valence-electron chi connectivity index (χ4n) is 1.88. The number of hydrogen-bond acceptors (Lipinski definition) is 0. The van der Waals surface area contributed by atoms with Gasteiger partial charge in [0.2, 0.25) is 5.82 Å². The zero-order chi connectivity index (χ0) is 13.2. The van der Waals surface area contributed by atoms with Crippen molar-refractivity contribution >= 4 is 0 Å². The summed E-state index contributed by atoms with van der Waals surface area (Å²) in [5, 5.41) is 0. The Hall–Kier alpha value is -1.13. The molecule has 0 heterocycles. The van der Waals surface area contributed by atoms with E-state index in [4.69, 9.17) is 0 Å². The van der Waals surface area contributed by atoms with Crippen LogP contribution in [0.2, 0.25) is 0 Å². The highest BCUT2D eigenvalue weighted by atomic mass is 19.2. The van der Waals surface area contributed by atoms with Gasteiger partial charge in [0, 0.05) is 5.56 Å². The van der Waals surface area contributed by atoms with Crippen molar-refractivity contribution in [2.45, 2.75) is 39.0 Å². The predicted molar refractivity (Wildman–Crippen MR) is 54.2 cm³/mol. The van der Waals surface area contributed by atoms with Gasteiger partial charge in [-0.05, 0) is 18.8 Å². The van der Waals surface area contributed by atoms with Gasteiger partial charge in [-0.1, -0.05) is 20.3 Å². The molecule has 0 spiro atoms. The zero-order valence-electron chi connectivity index (χ0n) is 9.59. The van der Waals surface area contributed by atoms with Crippen molar-refractivity contribution in [1.82, 2.24) is 0 Å². The third kappa shape index (κ3) is 2.42. The lowest BCUT2D eigenvalue weighted by Crippen LogP contribution is -2.11. The summed E-state index contributed by atoms with van der Waals surface area (Å²) in [5.74, 6) is -9.90. The van der Waals surface area contributed by atoms with Crippen LogP contribution in [-0.4, -0.2) is 0 Å². The van der Waals surface area contributed by atoms with Crippen LogP contribution < -0.4 is 0 Å². The van der Waals surface area contributed by atoms with Gasteiger partial charge in [-0.2, -0.15) is 0 Å². The fraction of sp³-hybridized carbons (Fsp3) is 0.500. The number of halogens is 5. The summed E-state index contributed by atoms with van der Waals surface area (Å²) in [6.45, 7) is 3.44. The Balaban J connectivity index is 3.41. The lowest BCUT2D eigenvalue weighted by Gasteiger charge is -2.17. The summed E-state index contributed by atoms with van der Waals surface area (Å²) < 4.78 is 65.7. The van der Waals surface area contributed by atoms with Crippen molar-refractivity contribution in [2.24, 2.45) is 0 Å². The Morgan fingerprint density at radius 3 is 1.53 bits per heavy atom. The molecule has 5 heteroatoms. The molecular formula is C12H13F5. The first-order chi connectivity index (χ1) is 7.95. The molecule has 0 fully saturated rings. The maximum atomic E-state index is 13.4. The second-order valence-electron chi connectivity index (χ2n) is 3.88. The third-order valence-electron chi connectivity index (χ3n) is 2.78. The summed E-state index contributed by atoms with van der Waals surface area (Å²) in [6.07, 6.45) is 1.32. The van der Waals surface area contributed by atoms with Crippen LogP contribution in [0, 0.1) is 29.1 Å². The van der Waals surface area contributed by atoms with Crippen LogP contribution in [-0.2, 0) is 0 Å². The van der Waals surface area contributed by atoms with Crippen LogP contribution in [0.15, 0.2) is 0 Å². The first-order valence-corrected chi connectivity index (χ1v) is 5.46. The van der Waals surface area contributed by atoms with Crippen LogP contribution in [0.5, 0.6) is 0 Å². The molecule has 1 aromatic rings. The van der Waals surface area contributed by atoms with E-state index in [0.29, 0.717) is 19.3 Å². The lowest BCUT2D eigenvalue weighted by molar-refractivity contribution is 0.360. The minimum absolute atomic E-state index is 0.326. The third-order valence-corrected chi connectivity index (χ3v) is 2.78. The Morgan fingerprint density at radius 1 is 0.765 bits per heavy atom. The van der Waals surface area contributed by atoms with Crippen LogP contribution in [0.1, 0.15) is 44.6 Å². The van der Waals surface area contributed by atoms with Gasteiger partial charge in [0.15, 0.2) is 23.3 Å². The highest BCUT2D eigenvalue weighted by molar-refractivity contribution is 5.27. The van der Waals surface area contributed by atoms with E-state index >= 15 is 0 Å². The molecule has 17 heavy (non-hydrogen) atoms. The van der Waals surface area contributed by atoms with E-state index in [1.54, 1.807) is 13.8 Å². The lowest BCUT2D eigenvalue weighted by atomic mass is 9.91. The van der Waals surface area contributed by atoms with Gasteiger partial charge < -0.3 is 0 Å². The van der Waals surface area contributed by atoms with Gasteiger partial charge >= 0.3 is 0 Å². The normalized spacial score (nSPS) is 12.9. The molecule has 0 bridgehead atoms. The molecule has 0 aliphatic carbocycles. The molecule has 1 aromatic carbocycles. The van der Waals surface area contributed by atoms with Crippen LogP contribution in [0.3, 0.4) is 0 Å². The quantitative estimate of drug-likeness (QED) is 0.415. The summed E-state index contributed by atoms with van der Waals surface area (Å²) in [6, 6.07) is 0. The van der Waals surface area contributed by atoms with Crippen LogP contribution >= 0.6 is 0 Å². The number of rotatable bonds is 4. The first-order valence-electron chi connectivity index (χ1n) is 5.46. The molecule has 0 aromatic heterocycles. The van der Waals surface area contributed by atoms with Gasteiger partial charge in [-0.3, -0.25) is 0 Å². The van der Waals surface area contributed by atoms with Crippen LogP contribution in [0.4, 0.5) is 22.0 Å². The van der Waals surface area contributed by atoms with Crippen molar-refractivity contribution in [3.63, 3.8) is 0 Å². The maximum absolute atomic E-state index is 13.4. The molecule has 0 aliphatic rings. The summed E-state index contributed by atoms with van der Waals surface area (Å²) in [5.41, 5.74) is -0.689. The Bertz CT molecular complexity index is 385. The van der Waals surface area contributed by atoms with Gasteiger partial charge in [-0.25, -0.2) is 22.0 Å². The molecule has 96 valence electrons. The van der Waals surface area contributed by atoms with Crippen molar-refractivity contribution in [3.8, 4) is 0 Å². The summed E-state index contributed by atoms with van der Waals surface area (Å²) in [4.78, 5) is 0. The molecule has 1 atom stereocenters. The van der Waals surface area contributed by atoms with Gasteiger partial charge in [0.25, 0.3) is 0 Å². The average molecular weight is 252 g/mol. The molecule has 0 aliphatic heterocycles. The van der Waals surface area contributed by atoms with E-state index in [0.717, 1.165) is 0 Å². The molecule has 1 unspecified atom stereocenters. The van der Waals surface area contributed by atoms with E-state index in [-0.39, 0.29) is 0 Å². The highest BCUT2D eigenvalue weighted by Gasteiger charge is 2.29. The van der Waals surface area contributed by atoms with E-state index < -0.39 is 40.6 Å². The smallest absolute Gasteiger partial charge is 0.200 e. The molecule has 0 amide bonds. The molecular weight excluding hydrogens is 239 g/mol. The highest BCUT2D eigenvalue weighted by Crippen LogP contribution is 2.33. The molecule has 1 rings (SSSR count). The Labute approximate surface area is 96.4 Å². The van der Waals surface area contributed by atoms with Crippen molar-refractivity contribution in [2.75, 3.05) is 0 Å². The van der Waals surface area contributed by atoms with E-state index in [1.165, 1.54) is 0 Å². The molecule has 0 saturated heterocycles. The summed E-state index contributed by atoms with van der Waals surface area (Å²) >= 11 is 0. The van der Waals surface area contributed by atoms with Gasteiger partial charge in [0.1, 0.15) is 0 Å². The first kappa shape index (κ1) is 13.9. The minimum atomic E-state index is -2.10. The molecule has 0 radical (unpaired) electrons. The fourth-order valence-corrected chi connectivity index (χ4v) is 1.88. The van der Waals surface area contributed by atoms with Crippen molar-refractivity contribution < 1.29 is 22.0 Å². The minimum Gasteiger partial charge on any atom is -0.203 e. The average Bonchev–Trinajstić information content (AvgIpc) is 2.33. The van der Waals surface area contributed by atoms with Crippen LogP contribution in [0.25, 0.3) is 0 Å². The van der Waals surface area contributed by atoms with Gasteiger partial charge in [-0.15, -0.1) is 0 Å². The topological polar surface area (TPSA) is 0 Å².